The summed E-state index contributed by atoms with van der Waals surface area (Å²) in [6.07, 6.45) is -3.11. The van der Waals surface area contributed by atoms with E-state index in [4.69, 9.17) is 5.26 Å². The van der Waals surface area contributed by atoms with Crippen LogP contribution in [0.25, 0.3) is 0 Å². The fourth-order valence-corrected chi connectivity index (χ4v) is 0.903. The Morgan fingerprint density at radius 1 is 1.54 bits per heavy atom. The lowest BCUT2D eigenvalue weighted by atomic mass is 10.3. The van der Waals surface area contributed by atoms with Crippen molar-refractivity contribution >= 4 is 0 Å². The zero-order chi connectivity index (χ0) is 9.90. The number of hydrogen-bond acceptors (Lipinski definition) is 2. The SMILES string of the molecule is N#CCc1ccnn1CC(F)(F)F. The minimum atomic E-state index is -4.30. The van der Waals surface area contributed by atoms with Gasteiger partial charge in [0.2, 0.25) is 0 Å². The molecule has 0 bridgehead atoms. The molecule has 0 N–H and O–H groups in total. The minimum absolute atomic E-state index is 0.0594. The molecule has 0 unspecified atom stereocenters. The predicted molar refractivity (Wildman–Crippen MR) is 37.6 cm³/mol. The van der Waals surface area contributed by atoms with Crippen molar-refractivity contribution in [2.24, 2.45) is 0 Å². The first kappa shape index (κ1) is 9.58. The summed E-state index contributed by atoms with van der Waals surface area (Å²) in [7, 11) is 0. The van der Waals surface area contributed by atoms with Gasteiger partial charge in [-0.2, -0.15) is 23.5 Å². The van der Waals surface area contributed by atoms with Gasteiger partial charge in [0.25, 0.3) is 0 Å². The number of alkyl halides is 3. The maximum atomic E-state index is 11.9. The molecule has 0 radical (unpaired) electrons. The fourth-order valence-electron chi connectivity index (χ4n) is 0.903. The maximum absolute atomic E-state index is 11.9. The van der Waals surface area contributed by atoms with Crippen LogP contribution in [-0.4, -0.2) is 16.0 Å². The van der Waals surface area contributed by atoms with Crippen molar-refractivity contribution in [1.82, 2.24) is 9.78 Å². The molecular formula is C7H6F3N3. The molecule has 70 valence electrons. The highest BCUT2D eigenvalue weighted by atomic mass is 19.4. The maximum Gasteiger partial charge on any atom is 0.408 e. The fraction of sp³-hybridized carbons (Fsp3) is 0.429. The van der Waals surface area contributed by atoms with Crippen LogP contribution in [0.2, 0.25) is 0 Å². The van der Waals surface area contributed by atoms with Crippen LogP contribution in [0.4, 0.5) is 13.2 Å². The van der Waals surface area contributed by atoms with Gasteiger partial charge in [-0.05, 0) is 6.07 Å². The summed E-state index contributed by atoms with van der Waals surface area (Å²) >= 11 is 0. The van der Waals surface area contributed by atoms with Crippen molar-refractivity contribution < 1.29 is 13.2 Å². The second-order valence-corrected chi connectivity index (χ2v) is 2.43. The smallest absolute Gasteiger partial charge is 0.259 e. The summed E-state index contributed by atoms with van der Waals surface area (Å²) in [5, 5.41) is 11.8. The molecule has 0 aromatic carbocycles. The highest BCUT2D eigenvalue weighted by Gasteiger charge is 2.29. The molecular weight excluding hydrogens is 183 g/mol. The molecule has 1 aromatic rings. The van der Waals surface area contributed by atoms with Gasteiger partial charge in [-0.3, -0.25) is 4.68 Å². The van der Waals surface area contributed by atoms with Crippen LogP contribution in [0.5, 0.6) is 0 Å². The predicted octanol–water partition coefficient (Wildman–Crippen LogP) is 1.51. The molecule has 0 aliphatic rings. The lowest BCUT2D eigenvalue weighted by Gasteiger charge is -2.08. The second-order valence-electron chi connectivity index (χ2n) is 2.43. The highest BCUT2D eigenvalue weighted by Crippen LogP contribution is 2.17. The average molecular weight is 189 g/mol. The first-order valence-corrected chi connectivity index (χ1v) is 3.47. The zero-order valence-corrected chi connectivity index (χ0v) is 6.54. The van der Waals surface area contributed by atoms with Crippen LogP contribution in [0.15, 0.2) is 12.3 Å². The molecule has 0 saturated carbocycles. The monoisotopic (exact) mass is 189 g/mol. The summed E-state index contributed by atoms with van der Waals surface area (Å²) in [5.74, 6) is 0. The van der Waals surface area contributed by atoms with E-state index in [1.54, 1.807) is 6.07 Å². The van der Waals surface area contributed by atoms with Gasteiger partial charge in [-0.25, -0.2) is 0 Å². The normalized spacial score (nSPS) is 11.2. The Morgan fingerprint density at radius 2 is 2.23 bits per heavy atom. The molecule has 0 aliphatic carbocycles. The summed E-state index contributed by atoms with van der Waals surface area (Å²) in [5.41, 5.74) is 0.278. The third-order valence-corrected chi connectivity index (χ3v) is 1.39. The molecule has 1 heterocycles. The Labute approximate surface area is 72.4 Å². The number of nitriles is 1. The largest absolute Gasteiger partial charge is 0.408 e. The summed E-state index contributed by atoms with van der Waals surface area (Å²) in [6, 6.07) is 3.17. The third kappa shape index (κ3) is 2.78. The van der Waals surface area contributed by atoms with E-state index < -0.39 is 12.7 Å². The Morgan fingerprint density at radius 3 is 2.77 bits per heavy atom. The van der Waals surface area contributed by atoms with Crippen LogP contribution < -0.4 is 0 Å². The number of nitrogens with zero attached hydrogens (tertiary/aromatic N) is 3. The van der Waals surface area contributed by atoms with Gasteiger partial charge in [0.15, 0.2) is 0 Å². The van der Waals surface area contributed by atoms with Gasteiger partial charge in [0.1, 0.15) is 6.54 Å². The molecule has 6 heteroatoms. The summed E-state index contributed by atoms with van der Waals surface area (Å²) in [4.78, 5) is 0. The van der Waals surface area contributed by atoms with E-state index in [0.717, 1.165) is 4.68 Å². The van der Waals surface area contributed by atoms with Gasteiger partial charge in [-0.1, -0.05) is 0 Å². The lowest BCUT2D eigenvalue weighted by molar-refractivity contribution is -0.143. The molecule has 0 saturated heterocycles. The first-order valence-electron chi connectivity index (χ1n) is 3.47. The molecule has 0 amide bonds. The van der Waals surface area contributed by atoms with E-state index in [-0.39, 0.29) is 12.1 Å². The van der Waals surface area contributed by atoms with E-state index in [9.17, 15) is 13.2 Å². The number of aromatic nitrogens is 2. The van der Waals surface area contributed by atoms with E-state index in [1.807, 2.05) is 0 Å². The Balaban J connectivity index is 2.78. The summed E-state index contributed by atoms with van der Waals surface area (Å²) < 4.78 is 36.5. The van der Waals surface area contributed by atoms with E-state index in [2.05, 4.69) is 5.10 Å². The molecule has 1 rings (SSSR count). The Hall–Kier alpha value is -1.51. The third-order valence-electron chi connectivity index (χ3n) is 1.39. The van der Waals surface area contributed by atoms with Crippen LogP contribution in [0, 0.1) is 11.3 Å². The lowest BCUT2D eigenvalue weighted by Crippen LogP contribution is -2.20. The van der Waals surface area contributed by atoms with E-state index in [0.29, 0.717) is 0 Å². The Kier molecular flexibility index (Phi) is 2.56. The van der Waals surface area contributed by atoms with Crippen molar-refractivity contribution in [3.05, 3.63) is 18.0 Å². The van der Waals surface area contributed by atoms with Gasteiger partial charge in [0, 0.05) is 6.20 Å². The van der Waals surface area contributed by atoms with Gasteiger partial charge in [-0.15, -0.1) is 0 Å². The van der Waals surface area contributed by atoms with Crippen molar-refractivity contribution in [1.29, 1.82) is 5.26 Å². The Bertz CT molecular complexity index is 320. The molecule has 3 nitrogen and oxygen atoms in total. The molecule has 0 aliphatic heterocycles. The topological polar surface area (TPSA) is 41.6 Å². The van der Waals surface area contributed by atoms with Crippen molar-refractivity contribution in [3.8, 4) is 6.07 Å². The first-order chi connectivity index (χ1) is 6.03. The van der Waals surface area contributed by atoms with Crippen molar-refractivity contribution in [2.45, 2.75) is 19.1 Å². The quantitative estimate of drug-likeness (QED) is 0.707. The van der Waals surface area contributed by atoms with Crippen LogP contribution in [-0.2, 0) is 13.0 Å². The van der Waals surface area contributed by atoms with Crippen LogP contribution in [0.1, 0.15) is 5.69 Å². The number of halogens is 3. The number of rotatable bonds is 2. The van der Waals surface area contributed by atoms with E-state index in [1.165, 1.54) is 12.3 Å². The second kappa shape index (κ2) is 3.47. The molecule has 0 atom stereocenters. The number of hydrogen-bond donors (Lipinski definition) is 0. The zero-order valence-electron chi connectivity index (χ0n) is 6.54. The standard InChI is InChI=1S/C7H6F3N3/c8-7(9,10)5-13-6(1-3-11)2-4-12-13/h2,4H,1,5H2. The minimum Gasteiger partial charge on any atom is -0.259 e. The molecule has 1 aromatic heterocycles. The van der Waals surface area contributed by atoms with Crippen LogP contribution in [0.3, 0.4) is 0 Å². The summed E-state index contributed by atoms with van der Waals surface area (Å²) in [6.45, 7) is -1.14. The highest BCUT2D eigenvalue weighted by molar-refractivity contribution is 5.06. The van der Waals surface area contributed by atoms with E-state index >= 15 is 0 Å². The molecule has 0 fully saturated rings. The van der Waals surface area contributed by atoms with Gasteiger partial charge < -0.3 is 0 Å². The molecule has 13 heavy (non-hydrogen) atoms. The van der Waals surface area contributed by atoms with Gasteiger partial charge >= 0.3 is 6.18 Å². The van der Waals surface area contributed by atoms with Crippen molar-refractivity contribution in [3.63, 3.8) is 0 Å². The van der Waals surface area contributed by atoms with Crippen LogP contribution >= 0.6 is 0 Å². The van der Waals surface area contributed by atoms with Gasteiger partial charge in [0.05, 0.1) is 18.2 Å². The average Bonchev–Trinajstić information content (AvgIpc) is 2.34. The van der Waals surface area contributed by atoms with Crippen molar-refractivity contribution in [2.75, 3.05) is 0 Å². The molecule has 0 spiro atoms.